The van der Waals surface area contributed by atoms with Crippen molar-refractivity contribution in [2.24, 2.45) is 0 Å². The Labute approximate surface area is 192 Å². The molecule has 33 heavy (non-hydrogen) atoms. The fourth-order valence-corrected chi connectivity index (χ4v) is 3.62. The maximum atomic E-state index is 13.0. The standard InChI is InChI=1S/C22H19FN2O7S/c1-12(21(28)29)32-16-8-3-13(9-17(16)31-2)10-18-20(27)25(22(30)33-18)11-19(26)24-15-6-4-14(23)5-7-15/h3-10,12H,11H2,1-2H3,(H,24,26)(H,28,29)/b18-10+. The molecule has 1 unspecified atom stereocenters. The van der Waals surface area contributed by atoms with E-state index in [9.17, 15) is 23.6 Å². The van der Waals surface area contributed by atoms with Gasteiger partial charge in [0.05, 0.1) is 12.0 Å². The number of carboxylic acid groups (broad SMARTS) is 1. The lowest BCUT2D eigenvalue weighted by atomic mass is 10.2. The highest BCUT2D eigenvalue weighted by Gasteiger charge is 2.36. The largest absolute Gasteiger partial charge is 0.493 e. The molecule has 0 bridgehead atoms. The first kappa shape index (κ1) is 23.8. The summed E-state index contributed by atoms with van der Waals surface area (Å²) >= 11 is 0.678. The number of methoxy groups -OCH3 is 1. The van der Waals surface area contributed by atoms with Crippen molar-refractivity contribution in [2.45, 2.75) is 13.0 Å². The van der Waals surface area contributed by atoms with Gasteiger partial charge in [0.1, 0.15) is 12.4 Å². The quantitative estimate of drug-likeness (QED) is 0.559. The predicted molar refractivity (Wildman–Crippen MR) is 118 cm³/mol. The van der Waals surface area contributed by atoms with Crippen LogP contribution in [0, 0.1) is 5.82 Å². The predicted octanol–water partition coefficient (Wildman–Crippen LogP) is 3.36. The molecule has 1 aliphatic rings. The van der Waals surface area contributed by atoms with Crippen LogP contribution in [0.4, 0.5) is 14.9 Å². The molecule has 2 aromatic carbocycles. The van der Waals surface area contributed by atoms with Crippen molar-refractivity contribution in [1.29, 1.82) is 0 Å². The molecule has 3 rings (SSSR count). The molecule has 172 valence electrons. The molecule has 1 saturated heterocycles. The highest BCUT2D eigenvalue weighted by molar-refractivity contribution is 8.18. The first-order chi connectivity index (χ1) is 15.7. The maximum Gasteiger partial charge on any atom is 0.344 e. The Hall–Kier alpha value is -3.86. The zero-order valence-electron chi connectivity index (χ0n) is 17.5. The lowest BCUT2D eigenvalue weighted by molar-refractivity contribution is -0.144. The van der Waals surface area contributed by atoms with Crippen LogP contribution in [0.5, 0.6) is 11.5 Å². The van der Waals surface area contributed by atoms with Gasteiger partial charge in [-0.05, 0) is 66.7 Å². The minimum Gasteiger partial charge on any atom is -0.493 e. The summed E-state index contributed by atoms with van der Waals surface area (Å²) in [5, 5.41) is 10.9. The second-order valence-electron chi connectivity index (χ2n) is 6.83. The van der Waals surface area contributed by atoms with Gasteiger partial charge in [-0.3, -0.25) is 19.3 Å². The van der Waals surface area contributed by atoms with E-state index < -0.39 is 41.5 Å². The van der Waals surface area contributed by atoms with E-state index in [1.54, 1.807) is 6.07 Å². The topological polar surface area (TPSA) is 122 Å². The Morgan fingerprint density at radius 3 is 2.52 bits per heavy atom. The third kappa shape index (κ3) is 5.89. The van der Waals surface area contributed by atoms with Gasteiger partial charge in [-0.15, -0.1) is 0 Å². The normalized spacial score (nSPS) is 15.5. The average molecular weight is 474 g/mol. The van der Waals surface area contributed by atoms with Gasteiger partial charge in [-0.1, -0.05) is 6.07 Å². The molecule has 0 spiro atoms. The number of hydrogen-bond acceptors (Lipinski definition) is 7. The van der Waals surface area contributed by atoms with E-state index in [0.29, 0.717) is 23.0 Å². The van der Waals surface area contributed by atoms with Crippen LogP contribution in [0.3, 0.4) is 0 Å². The summed E-state index contributed by atoms with van der Waals surface area (Å²) in [6.07, 6.45) is 0.359. The second-order valence-corrected chi connectivity index (χ2v) is 7.82. The number of thioether (sulfide) groups is 1. The van der Waals surface area contributed by atoms with E-state index in [4.69, 9.17) is 14.6 Å². The van der Waals surface area contributed by atoms with E-state index in [1.165, 1.54) is 56.5 Å². The number of hydrogen-bond donors (Lipinski definition) is 2. The number of carbonyl (C=O) groups is 4. The zero-order valence-corrected chi connectivity index (χ0v) is 18.3. The Bertz CT molecular complexity index is 1130. The van der Waals surface area contributed by atoms with Crippen molar-refractivity contribution in [1.82, 2.24) is 4.90 Å². The monoisotopic (exact) mass is 474 g/mol. The van der Waals surface area contributed by atoms with Crippen molar-refractivity contribution in [3.8, 4) is 11.5 Å². The van der Waals surface area contributed by atoms with Crippen LogP contribution in [0.15, 0.2) is 47.4 Å². The fourth-order valence-electron chi connectivity index (χ4n) is 2.78. The highest BCUT2D eigenvalue weighted by Crippen LogP contribution is 2.34. The molecule has 0 saturated carbocycles. The number of anilines is 1. The Morgan fingerprint density at radius 1 is 1.18 bits per heavy atom. The molecule has 0 aliphatic carbocycles. The van der Waals surface area contributed by atoms with Crippen LogP contribution in [0.2, 0.25) is 0 Å². The molecule has 1 fully saturated rings. The first-order valence-corrected chi connectivity index (χ1v) is 10.4. The van der Waals surface area contributed by atoms with E-state index in [2.05, 4.69) is 5.32 Å². The maximum absolute atomic E-state index is 13.0. The molecule has 2 aromatic rings. The molecule has 0 aromatic heterocycles. The molecule has 2 N–H and O–H groups in total. The summed E-state index contributed by atoms with van der Waals surface area (Å²) in [6.45, 7) is 0.875. The third-order valence-electron chi connectivity index (χ3n) is 4.44. The van der Waals surface area contributed by atoms with Crippen LogP contribution in [-0.4, -0.2) is 52.8 Å². The van der Waals surface area contributed by atoms with E-state index >= 15 is 0 Å². The molecule has 1 heterocycles. The molecule has 0 radical (unpaired) electrons. The average Bonchev–Trinajstić information content (AvgIpc) is 3.03. The number of aliphatic carboxylic acids is 1. The molecule has 1 aliphatic heterocycles. The van der Waals surface area contributed by atoms with Crippen molar-refractivity contribution in [3.63, 3.8) is 0 Å². The number of ether oxygens (including phenoxy) is 2. The number of carbonyl (C=O) groups excluding carboxylic acids is 3. The van der Waals surface area contributed by atoms with Gasteiger partial charge in [0, 0.05) is 5.69 Å². The van der Waals surface area contributed by atoms with Gasteiger partial charge in [-0.25, -0.2) is 9.18 Å². The number of nitrogens with one attached hydrogen (secondary N) is 1. The van der Waals surface area contributed by atoms with Crippen molar-refractivity contribution in [3.05, 3.63) is 58.8 Å². The van der Waals surface area contributed by atoms with Crippen LogP contribution in [0.25, 0.3) is 6.08 Å². The van der Waals surface area contributed by atoms with Crippen molar-refractivity contribution in [2.75, 3.05) is 19.0 Å². The SMILES string of the molecule is COc1cc(/C=C2/SC(=O)N(CC(=O)Nc3ccc(F)cc3)C2=O)ccc1OC(C)C(=O)O. The molecule has 9 nitrogen and oxygen atoms in total. The molecular formula is C22H19FN2O7S. The molecular weight excluding hydrogens is 455 g/mol. The third-order valence-corrected chi connectivity index (χ3v) is 5.35. The zero-order chi connectivity index (χ0) is 24.1. The molecule has 3 amide bonds. The minimum atomic E-state index is -1.14. The Balaban J connectivity index is 1.71. The Morgan fingerprint density at radius 2 is 1.88 bits per heavy atom. The second kappa shape index (κ2) is 10.2. The number of imide groups is 1. The van der Waals surface area contributed by atoms with Gasteiger partial charge in [0.25, 0.3) is 11.1 Å². The fraction of sp³-hybridized carbons (Fsp3) is 0.182. The molecule has 1 atom stereocenters. The first-order valence-electron chi connectivity index (χ1n) is 9.56. The number of carboxylic acids is 1. The Kier molecular flexibility index (Phi) is 7.34. The minimum absolute atomic E-state index is 0.101. The van der Waals surface area contributed by atoms with Gasteiger partial charge >= 0.3 is 5.97 Å². The highest BCUT2D eigenvalue weighted by atomic mass is 32.2. The van der Waals surface area contributed by atoms with Crippen LogP contribution in [-0.2, 0) is 14.4 Å². The summed E-state index contributed by atoms with van der Waals surface area (Å²) in [6, 6.07) is 9.65. The van der Waals surface area contributed by atoms with Gasteiger partial charge < -0.3 is 19.9 Å². The van der Waals surface area contributed by atoms with E-state index in [-0.39, 0.29) is 16.4 Å². The number of amides is 3. The summed E-state index contributed by atoms with van der Waals surface area (Å²) < 4.78 is 23.5. The van der Waals surface area contributed by atoms with Crippen molar-refractivity contribution < 1.29 is 38.1 Å². The lowest BCUT2D eigenvalue weighted by Crippen LogP contribution is -2.36. The summed E-state index contributed by atoms with van der Waals surface area (Å²) in [5.74, 6) is -2.40. The number of halogens is 1. The van der Waals surface area contributed by atoms with E-state index in [1.807, 2.05) is 0 Å². The van der Waals surface area contributed by atoms with Crippen LogP contribution >= 0.6 is 11.8 Å². The molecule has 11 heteroatoms. The van der Waals surface area contributed by atoms with Gasteiger partial charge in [0.2, 0.25) is 5.91 Å². The van der Waals surface area contributed by atoms with Gasteiger partial charge in [0.15, 0.2) is 17.6 Å². The van der Waals surface area contributed by atoms with E-state index in [0.717, 1.165) is 4.90 Å². The van der Waals surface area contributed by atoms with Crippen LogP contribution in [0.1, 0.15) is 12.5 Å². The number of benzene rings is 2. The van der Waals surface area contributed by atoms with Crippen LogP contribution < -0.4 is 14.8 Å². The van der Waals surface area contributed by atoms with Crippen molar-refractivity contribution >= 4 is 46.5 Å². The lowest BCUT2D eigenvalue weighted by Gasteiger charge is -2.14. The van der Waals surface area contributed by atoms with Gasteiger partial charge in [-0.2, -0.15) is 0 Å². The summed E-state index contributed by atoms with van der Waals surface area (Å²) in [4.78, 5) is 49.1. The smallest absolute Gasteiger partial charge is 0.344 e. The summed E-state index contributed by atoms with van der Waals surface area (Å²) in [7, 11) is 1.38. The number of nitrogens with zero attached hydrogens (tertiary/aromatic N) is 1. The summed E-state index contributed by atoms with van der Waals surface area (Å²) in [5.41, 5.74) is 0.832. The number of rotatable bonds is 8.